The van der Waals surface area contributed by atoms with Gasteiger partial charge in [-0.1, -0.05) is 0 Å². The Balaban J connectivity index is 0. The van der Waals surface area contributed by atoms with E-state index in [1.165, 1.54) is 7.11 Å². The number of halogens is 3. The van der Waals surface area contributed by atoms with E-state index in [9.17, 15) is 12.9 Å². The summed E-state index contributed by atoms with van der Waals surface area (Å²) < 4.78 is 40.5. The van der Waals surface area contributed by atoms with Crippen molar-refractivity contribution in [2.24, 2.45) is 0 Å². The maximum Gasteiger partial charge on any atom is 1.00 e. The maximum atomic E-state index is 12.0. The smallest absolute Gasteiger partial charge is 0.448 e. The third-order valence-electron chi connectivity index (χ3n) is 1.49. The van der Waals surface area contributed by atoms with Gasteiger partial charge < -0.3 is 27.7 Å². The first-order valence-corrected chi connectivity index (χ1v) is 4.02. The molecule has 8 heteroatoms. The van der Waals surface area contributed by atoms with Gasteiger partial charge in [-0.15, -0.1) is 0 Å². The van der Waals surface area contributed by atoms with Gasteiger partial charge in [-0.2, -0.15) is 0 Å². The van der Waals surface area contributed by atoms with Crippen molar-refractivity contribution in [2.45, 2.75) is 0 Å². The van der Waals surface area contributed by atoms with Crippen molar-refractivity contribution in [3.05, 3.63) is 0 Å². The van der Waals surface area contributed by atoms with E-state index in [2.05, 4.69) is 4.74 Å². The molecule has 0 aliphatic carbocycles. The van der Waals surface area contributed by atoms with E-state index in [1.54, 1.807) is 0 Å². The number of aliphatic hydroxyl groups excluding tert-OH is 1. The number of aliphatic hydroxyl groups is 1. The second-order valence-electron chi connectivity index (χ2n) is 2.73. The summed E-state index contributed by atoms with van der Waals surface area (Å²) in [5, 5.41) is 8.49. The largest absolute Gasteiger partial charge is 1.00 e. The molecule has 0 unspecified atom stereocenters. The van der Waals surface area contributed by atoms with Crippen molar-refractivity contribution in [3.8, 4) is 0 Å². The van der Waals surface area contributed by atoms with Crippen molar-refractivity contribution in [2.75, 3.05) is 39.9 Å². The molecular weight excluding hydrogens is 225 g/mol. The molecule has 1 N–H and O–H groups in total. The quantitative estimate of drug-likeness (QED) is 0.491. The Bertz CT molecular complexity index is 139. The van der Waals surface area contributed by atoms with Crippen LogP contribution in [0.15, 0.2) is 0 Å². The molecule has 0 atom stereocenters. The van der Waals surface area contributed by atoms with E-state index in [1.807, 2.05) is 0 Å². The second-order valence-corrected chi connectivity index (χ2v) is 2.73. The van der Waals surface area contributed by atoms with Gasteiger partial charge in [0.2, 0.25) is 0 Å². The minimum atomic E-state index is -4.82. The van der Waals surface area contributed by atoms with E-state index < -0.39 is 13.4 Å². The molecular formula is C6H14BF3KNO2. The van der Waals surface area contributed by atoms with Gasteiger partial charge in [0.1, 0.15) is 0 Å². The molecule has 0 rings (SSSR count). The fraction of sp³-hybridized carbons (Fsp3) is 1.00. The topological polar surface area (TPSA) is 32.7 Å². The van der Waals surface area contributed by atoms with Crippen LogP contribution in [0.4, 0.5) is 12.9 Å². The molecule has 0 heterocycles. The second kappa shape index (κ2) is 9.59. The average molecular weight is 239 g/mol. The van der Waals surface area contributed by atoms with Crippen molar-refractivity contribution in [1.29, 1.82) is 0 Å². The summed E-state index contributed by atoms with van der Waals surface area (Å²) in [4.78, 5) is 1.13. The predicted molar refractivity (Wildman–Crippen MR) is 44.5 cm³/mol. The van der Waals surface area contributed by atoms with Crippen LogP contribution in [0.2, 0.25) is 0 Å². The Kier molecular flexibility index (Phi) is 12.2. The zero-order valence-corrected chi connectivity index (χ0v) is 11.7. The molecule has 0 saturated heterocycles. The first kappa shape index (κ1) is 17.8. The van der Waals surface area contributed by atoms with E-state index in [4.69, 9.17) is 5.11 Å². The minimum absolute atomic E-state index is 0. The summed E-state index contributed by atoms with van der Waals surface area (Å²) in [7, 11) is 1.43. The van der Waals surface area contributed by atoms with Crippen LogP contribution in [-0.2, 0) is 4.74 Å². The molecule has 0 aliphatic heterocycles. The Labute approximate surface area is 124 Å². The van der Waals surface area contributed by atoms with Crippen molar-refractivity contribution < 1.29 is 74.2 Å². The number of methoxy groups -OCH3 is 1. The zero-order chi connectivity index (χ0) is 10.3. The van der Waals surface area contributed by atoms with Crippen molar-refractivity contribution in [3.63, 3.8) is 0 Å². The maximum absolute atomic E-state index is 12.0. The van der Waals surface area contributed by atoms with E-state index in [0.717, 1.165) is 4.90 Å². The molecule has 0 spiro atoms. The number of hydrogen-bond acceptors (Lipinski definition) is 3. The Morgan fingerprint density at radius 3 is 2.21 bits per heavy atom. The molecule has 0 aliphatic rings. The SMILES string of the molecule is COCCN(CCO)C[B-](F)(F)F.[K+]. The Morgan fingerprint density at radius 1 is 1.29 bits per heavy atom. The molecule has 0 aromatic heterocycles. The summed E-state index contributed by atoms with van der Waals surface area (Å²) in [6.07, 6.45) is -0.941. The number of rotatable bonds is 7. The summed E-state index contributed by atoms with van der Waals surface area (Å²) in [6, 6.07) is 0. The molecule has 3 nitrogen and oxygen atoms in total. The molecule has 0 bridgehead atoms. The van der Waals surface area contributed by atoms with Gasteiger partial charge in [-0.3, -0.25) is 0 Å². The normalized spacial score (nSPS) is 11.6. The van der Waals surface area contributed by atoms with Crippen LogP contribution >= 0.6 is 0 Å². The summed E-state index contributed by atoms with van der Waals surface area (Å²) in [5.74, 6) is 0. The van der Waals surface area contributed by atoms with Crippen LogP contribution in [0.5, 0.6) is 0 Å². The summed E-state index contributed by atoms with van der Waals surface area (Å²) in [5.41, 5.74) is 0. The van der Waals surface area contributed by atoms with Gasteiger partial charge in [0.15, 0.2) is 0 Å². The van der Waals surface area contributed by atoms with Crippen LogP contribution in [0.25, 0.3) is 0 Å². The molecule has 80 valence electrons. The Hall–Kier alpha value is 1.37. The zero-order valence-electron chi connectivity index (χ0n) is 8.55. The van der Waals surface area contributed by atoms with Gasteiger partial charge in [-0.25, -0.2) is 0 Å². The first-order chi connectivity index (χ1) is 5.99. The standard InChI is InChI=1S/C6H14BF3NO2.K/c1-13-5-3-11(2-4-12)6-7(8,9)10;/h12H,2-6H2,1H3;/q-1;+1. The third-order valence-corrected chi connectivity index (χ3v) is 1.49. The summed E-state index contributed by atoms with van der Waals surface area (Å²) in [6.45, 7) is -4.62. The van der Waals surface area contributed by atoms with Gasteiger partial charge >= 0.3 is 58.4 Å². The van der Waals surface area contributed by atoms with Crippen LogP contribution in [0.3, 0.4) is 0 Å². The van der Waals surface area contributed by atoms with E-state index in [-0.39, 0.29) is 77.7 Å². The molecule has 0 aromatic carbocycles. The predicted octanol–water partition coefficient (Wildman–Crippen LogP) is -2.68. The van der Waals surface area contributed by atoms with Crippen LogP contribution in [0.1, 0.15) is 0 Å². The fourth-order valence-corrected chi connectivity index (χ4v) is 0.949. The fourth-order valence-electron chi connectivity index (χ4n) is 0.949. The monoisotopic (exact) mass is 239 g/mol. The Morgan fingerprint density at radius 2 is 1.86 bits per heavy atom. The van der Waals surface area contributed by atoms with Crippen LogP contribution < -0.4 is 51.4 Å². The number of hydrogen-bond donors (Lipinski definition) is 1. The van der Waals surface area contributed by atoms with Gasteiger partial charge in [0.05, 0.1) is 13.2 Å². The van der Waals surface area contributed by atoms with Gasteiger partial charge in [-0.05, 0) is 6.44 Å². The third kappa shape index (κ3) is 11.4. The van der Waals surface area contributed by atoms with Crippen molar-refractivity contribution >= 4 is 6.98 Å². The number of nitrogens with zero attached hydrogens (tertiary/aromatic N) is 1. The van der Waals surface area contributed by atoms with E-state index >= 15 is 0 Å². The van der Waals surface area contributed by atoms with Crippen molar-refractivity contribution in [1.82, 2.24) is 4.90 Å². The number of ether oxygens (including phenoxy) is 1. The van der Waals surface area contributed by atoms with E-state index in [0.29, 0.717) is 0 Å². The molecule has 0 saturated carbocycles. The average Bonchev–Trinajstić information content (AvgIpc) is 1.98. The molecule has 0 aromatic rings. The van der Waals surface area contributed by atoms with Gasteiger partial charge in [0.25, 0.3) is 0 Å². The molecule has 0 amide bonds. The van der Waals surface area contributed by atoms with Gasteiger partial charge in [0, 0.05) is 20.2 Å². The minimum Gasteiger partial charge on any atom is -0.448 e. The van der Waals surface area contributed by atoms with Crippen LogP contribution in [0, 0.1) is 0 Å². The molecule has 0 radical (unpaired) electrons. The summed E-state index contributed by atoms with van der Waals surface area (Å²) >= 11 is 0. The van der Waals surface area contributed by atoms with Crippen LogP contribution in [-0.4, -0.2) is 56.8 Å². The molecule has 14 heavy (non-hydrogen) atoms. The molecule has 0 fully saturated rings. The first-order valence-electron chi connectivity index (χ1n) is 4.02.